The summed E-state index contributed by atoms with van der Waals surface area (Å²) in [6.07, 6.45) is 7.00. The summed E-state index contributed by atoms with van der Waals surface area (Å²) in [7, 11) is 0. The first kappa shape index (κ1) is 9.04. The molecule has 2 nitrogen and oxygen atoms in total. The summed E-state index contributed by atoms with van der Waals surface area (Å²) < 4.78 is 0. The summed E-state index contributed by atoms with van der Waals surface area (Å²) in [6.45, 7) is 6.12. The fourth-order valence-electron chi connectivity index (χ4n) is 1.50. The Bertz CT molecular complexity index is 259. The zero-order chi connectivity index (χ0) is 9.19. The molecule has 0 radical (unpaired) electrons. The van der Waals surface area contributed by atoms with E-state index in [0.29, 0.717) is 0 Å². The Hall–Kier alpha value is -1.05. The molecule has 66 valence electrons. The molecule has 0 heterocycles. The van der Waals surface area contributed by atoms with Crippen LogP contribution < -0.4 is 0 Å². The second-order valence-corrected chi connectivity index (χ2v) is 3.81. The molecule has 1 rings (SSSR count). The van der Waals surface area contributed by atoms with Crippen LogP contribution in [0.4, 0.5) is 0 Å². The Labute approximate surface area is 73.3 Å². The third kappa shape index (κ3) is 1.58. The number of allylic oxidation sites excluding steroid dienone is 4. The first-order chi connectivity index (χ1) is 5.58. The molecule has 0 bridgehead atoms. The van der Waals surface area contributed by atoms with Gasteiger partial charge in [-0.3, -0.25) is 0 Å². The van der Waals surface area contributed by atoms with E-state index >= 15 is 0 Å². The van der Waals surface area contributed by atoms with E-state index in [9.17, 15) is 0 Å². The normalized spacial score (nSPS) is 25.2. The van der Waals surface area contributed by atoms with E-state index in [0.717, 1.165) is 17.7 Å². The molecule has 1 aliphatic rings. The lowest BCUT2D eigenvalue weighted by Crippen LogP contribution is -2.23. The maximum Gasteiger partial charge on any atom is 0.0883 e. The van der Waals surface area contributed by atoms with E-state index < -0.39 is 0 Å². The van der Waals surface area contributed by atoms with Gasteiger partial charge < -0.3 is 5.21 Å². The summed E-state index contributed by atoms with van der Waals surface area (Å²) in [5, 5.41) is 12.2. The van der Waals surface area contributed by atoms with Crippen LogP contribution in [0.1, 0.15) is 27.2 Å². The molecule has 0 fully saturated rings. The number of hydrogen-bond acceptors (Lipinski definition) is 2. The number of rotatable bonds is 0. The Morgan fingerprint density at radius 3 is 2.75 bits per heavy atom. The van der Waals surface area contributed by atoms with E-state index in [1.165, 1.54) is 0 Å². The van der Waals surface area contributed by atoms with Crippen LogP contribution in [0.25, 0.3) is 0 Å². The molecule has 0 unspecified atom stereocenters. The highest BCUT2D eigenvalue weighted by molar-refractivity contribution is 6.03. The van der Waals surface area contributed by atoms with E-state index in [2.05, 4.69) is 25.1 Å². The Morgan fingerprint density at radius 1 is 1.50 bits per heavy atom. The average molecular weight is 165 g/mol. The number of oxime groups is 1. The van der Waals surface area contributed by atoms with Crippen LogP contribution in [0, 0.1) is 5.41 Å². The zero-order valence-electron chi connectivity index (χ0n) is 7.83. The zero-order valence-corrected chi connectivity index (χ0v) is 7.83. The van der Waals surface area contributed by atoms with E-state index in [4.69, 9.17) is 5.21 Å². The van der Waals surface area contributed by atoms with Gasteiger partial charge in [0.2, 0.25) is 0 Å². The Kier molecular flexibility index (Phi) is 2.36. The van der Waals surface area contributed by atoms with Gasteiger partial charge in [-0.2, -0.15) is 0 Å². The van der Waals surface area contributed by atoms with Crippen molar-refractivity contribution < 1.29 is 5.21 Å². The first-order valence-corrected chi connectivity index (χ1v) is 4.14. The van der Waals surface area contributed by atoms with Gasteiger partial charge in [0.25, 0.3) is 0 Å². The summed E-state index contributed by atoms with van der Waals surface area (Å²) in [5.41, 5.74) is 1.77. The lowest BCUT2D eigenvalue weighted by Gasteiger charge is -2.23. The molecule has 0 amide bonds. The van der Waals surface area contributed by atoms with Gasteiger partial charge in [-0.25, -0.2) is 0 Å². The topological polar surface area (TPSA) is 32.6 Å². The minimum Gasteiger partial charge on any atom is -0.411 e. The molecule has 0 saturated heterocycles. The fraction of sp³-hybridized carbons (Fsp3) is 0.500. The maximum atomic E-state index is 8.84. The molecule has 0 aromatic rings. The second-order valence-electron chi connectivity index (χ2n) is 3.81. The quantitative estimate of drug-likeness (QED) is 0.434. The van der Waals surface area contributed by atoms with Crippen LogP contribution in [-0.4, -0.2) is 10.9 Å². The lowest BCUT2D eigenvalue weighted by molar-refractivity contribution is 0.309. The molecular formula is C10H15NO. The minimum absolute atomic E-state index is 0.0532. The van der Waals surface area contributed by atoms with Crippen LogP contribution in [0.2, 0.25) is 0 Å². The molecule has 2 heteroatoms. The van der Waals surface area contributed by atoms with Gasteiger partial charge in [0.1, 0.15) is 0 Å². The van der Waals surface area contributed by atoms with Crippen LogP contribution in [0.5, 0.6) is 0 Å². The average Bonchev–Trinajstić information content (AvgIpc) is 2.09. The molecule has 0 aromatic heterocycles. The van der Waals surface area contributed by atoms with Gasteiger partial charge in [-0.05, 0) is 18.9 Å². The molecule has 0 aliphatic heterocycles. The van der Waals surface area contributed by atoms with Crippen molar-refractivity contribution >= 4 is 5.71 Å². The largest absolute Gasteiger partial charge is 0.411 e. The van der Waals surface area contributed by atoms with Crippen LogP contribution >= 0.6 is 0 Å². The van der Waals surface area contributed by atoms with Gasteiger partial charge >= 0.3 is 0 Å². The van der Waals surface area contributed by atoms with Crippen molar-refractivity contribution in [3.63, 3.8) is 0 Å². The maximum absolute atomic E-state index is 8.84. The lowest BCUT2D eigenvalue weighted by atomic mass is 9.82. The third-order valence-corrected chi connectivity index (χ3v) is 2.23. The van der Waals surface area contributed by atoms with Crippen molar-refractivity contribution in [3.8, 4) is 0 Å². The summed E-state index contributed by atoms with van der Waals surface area (Å²) in [5.74, 6) is 0. The Morgan fingerprint density at radius 2 is 2.17 bits per heavy atom. The van der Waals surface area contributed by atoms with Crippen molar-refractivity contribution in [2.45, 2.75) is 27.2 Å². The molecule has 12 heavy (non-hydrogen) atoms. The van der Waals surface area contributed by atoms with Crippen LogP contribution in [-0.2, 0) is 0 Å². The van der Waals surface area contributed by atoms with E-state index in [1.807, 2.05) is 19.1 Å². The summed E-state index contributed by atoms with van der Waals surface area (Å²) >= 11 is 0. The standard InChI is InChI=1S/C10H15NO/c1-8-6-4-5-7-10(2,3)9(8)11-12/h4-6,12H,7H2,1-3H3. The Balaban J connectivity index is 3.08. The predicted octanol–water partition coefficient (Wildman–Crippen LogP) is 2.75. The molecule has 0 spiro atoms. The van der Waals surface area contributed by atoms with Crippen LogP contribution in [0.3, 0.4) is 0 Å². The van der Waals surface area contributed by atoms with Gasteiger partial charge in [-0.1, -0.05) is 37.2 Å². The molecule has 0 atom stereocenters. The van der Waals surface area contributed by atoms with E-state index in [1.54, 1.807) is 0 Å². The highest BCUT2D eigenvalue weighted by atomic mass is 16.4. The predicted molar refractivity (Wildman–Crippen MR) is 50.5 cm³/mol. The number of hydrogen-bond donors (Lipinski definition) is 1. The van der Waals surface area contributed by atoms with Crippen molar-refractivity contribution in [1.29, 1.82) is 0 Å². The summed E-state index contributed by atoms with van der Waals surface area (Å²) in [4.78, 5) is 0. The highest BCUT2D eigenvalue weighted by Crippen LogP contribution is 2.28. The van der Waals surface area contributed by atoms with Crippen molar-refractivity contribution in [2.24, 2.45) is 10.6 Å². The number of nitrogens with zero attached hydrogens (tertiary/aromatic N) is 1. The van der Waals surface area contributed by atoms with E-state index in [-0.39, 0.29) is 5.41 Å². The molecule has 0 aromatic carbocycles. The van der Waals surface area contributed by atoms with Gasteiger partial charge in [0, 0.05) is 5.41 Å². The summed E-state index contributed by atoms with van der Waals surface area (Å²) in [6, 6.07) is 0. The van der Waals surface area contributed by atoms with Gasteiger partial charge in [-0.15, -0.1) is 0 Å². The highest BCUT2D eigenvalue weighted by Gasteiger charge is 2.26. The molecule has 1 N–H and O–H groups in total. The van der Waals surface area contributed by atoms with Crippen molar-refractivity contribution in [1.82, 2.24) is 0 Å². The van der Waals surface area contributed by atoms with Crippen molar-refractivity contribution in [3.05, 3.63) is 23.8 Å². The molecule has 0 saturated carbocycles. The molecule has 1 aliphatic carbocycles. The smallest absolute Gasteiger partial charge is 0.0883 e. The first-order valence-electron chi connectivity index (χ1n) is 4.14. The van der Waals surface area contributed by atoms with Gasteiger partial charge in [0.05, 0.1) is 5.71 Å². The van der Waals surface area contributed by atoms with Crippen molar-refractivity contribution in [2.75, 3.05) is 0 Å². The minimum atomic E-state index is -0.0532. The molecular weight excluding hydrogens is 150 g/mol. The fourth-order valence-corrected chi connectivity index (χ4v) is 1.50. The monoisotopic (exact) mass is 165 g/mol. The van der Waals surface area contributed by atoms with Gasteiger partial charge in [0.15, 0.2) is 0 Å². The SMILES string of the molecule is CC1=CC=CCC(C)(C)C1=NO. The van der Waals surface area contributed by atoms with Crippen LogP contribution in [0.15, 0.2) is 29.0 Å². The second kappa shape index (κ2) is 3.13. The third-order valence-electron chi connectivity index (χ3n) is 2.23.